The molecule has 108 valence electrons. The van der Waals surface area contributed by atoms with E-state index in [1.54, 1.807) is 16.8 Å². The molecule has 0 aliphatic heterocycles. The predicted molar refractivity (Wildman–Crippen MR) is 70.4 cm³/mol. The van der Waals surface area contributed by atoms with Gasteiger partial charge in [0.1, 0.15) is 5.82 Å². The van der Waals surface area contributed by atoms with Crippen LogP contribution in [0.4, 0.5) is 30.5 Å². The molecule has 2 aromatic heterocycles. The SMILES string of the molecule is NNc1cn2ccnc2c(Nc2cc(F)cc(F)c2F)n1. The number of benzene rings is 1. The van der Waals surface area contributed by atoms with E-state index in [4.69, 9.17) is 5.84 Å². The fraction of sp³-hybridized carbons (Fsp3) is 0. The van der Waals surface area contributed by atoms with Crippen molar-refractivity contribution >= 4 is 23.0 Å². The second-order valence-electron chi connectivity index (χ2n) is 4.15. The van der Waals surface area contributed by atoms with Crippen LogP contribution in [0, 0.1) is 17.5 Å². The van der Waals surface area contributed by atoms with Crippen LogP contribution in [0.3, 0.4) is 0 Å². The van der Waals surface area contributed by atoms with Crippen molar-refractivity contribution in [3.8, 4) is 0 Å². The normalized spacial score (nSPS) is 10.9. The second kappa shape index (κ2) is 4.94. The van der Waals surface area contributed by atoms with Crippen molar-refractivity contribution in [1.29, 1.82) is 0 Å². The lowest BCUT2D eigenvalue weighted by atomic mass is 10.3. The first kappa shape index (κ1) is 13.2. The number of fused-ring (bicyclic) bond motifs is 1. The van der Waals surface area contributed by atoms with Gasteiger partial charge in [0.05, 0.1) is 11.9 Å². The predicted octanol–water partition coefficient (Wildman–Crippen LogP) is 2.18. The highest BCUT2D eigenvalue weighted by Gasteiger charge is 2.14. The van der Waals surface area contributed by atoms with E-state index >= 15 is 0 Å². The number of hydrazine groups is 1. The van der Waals surface area contributed by atoms with Crippen LogP contribution in [-0.2, 0) is 0 Å². The first-order valence-electron chi connectivity index (χ1n) is 5.80. The van der Waals surface area contributed by atoms with E-state index in [9.17, 15) is 13.2 Å². The number of anilines is 3. The lowest BCUT2D eigenvalue weighted by molar-refractivity contribution is 0.498. The van der Waals surface area contributed by atoms with Crippen molar-refractivity contribution in [2.75, 3.05) is 10.7 Å². The van der Waals surface area contributed by atoms with Gasteiger partial charge in [0.25, 0.3) is 0 Å². The molecule has 0 aliphatic carbocycles. The molecule has 0 aliphatic rings. The van der Waals surface area contributed by atoms with Crippen LogP contribution >= 0.6 is 0 Å². The number of hydrogen-bond acceptors (Lipinski definition) is 5. The highest BCUT2D eigenvalue weighted by atomic mass is 19.2. The molecule has 4 N–H and O–H groups in total. The van der Waals surface area contributed by atoms with Gasteiger partial charge in [0.15, 0.2) is 28.9 Å². The smallest absolute Gasteiger partial charge is 0.182 e. The molecule has 0 unspecified atom stereocenters. The molecule has 2 heterocycles. The zero-order valence-electron chi connectivity index (χ0n) is 10.4. The maximum Gasteiger partial charge on any atom is 0.182 e. The fourth-order valence-corrected chi connectivity index (χ4v) is 1.86. The van der Waals surface area contributed by atoms with Crippen LogP contribution in [0.2, 0.25) is 0 Å². The second-order valence-corrected chi connectivity index (χ2v) is 4.15. The minimum Gasteiger partial charge on any atom is -0.334 e. The molecule has 0 saturated carbocycles. The average molecular weight is 294 g/mol. The van der Waals surface area contributed by atoms with Gasteiger partial charge in [0.2, 0.25) is 0 Å². The summed E-state index contributed by atoms with van der Waals surface area (Å²) in [6.07, 6.45) is 4.66. The Morgan fingerprint density at radius 2 is 2.00 bits per heavy atom. The first-order valence-corrected chi connectivity index (χ1v) is 5.80. The number of nitrogens with two attached hydrogens (primary N) is 1. The van der Waals surface area contributed by atoms with E-state index < -0.39 is 17.5 Å². The summed E-state index contributed by atoms with van der Waals surface area (Å²) in [7, 11) is 0. The Morgan fingerprint density at radius 1 is 1.19 bits per heavy atom. The Bertz CT molecular complexity index is 816. The number of hydrogen-bond donors (Lipinski definition) is 3. The van der Waals surface area contributed by atoms with Crippen LogP contribution in [-0.4, -0.2) is 14.4 Å². The largest absolute Gasteiger partial charge is 0.334 e. The quantitative estimate of drug-likeness (QED) is 0.392. The van der Waals surface area contributed by atoms with E-state index in [2.05, 4.69) is 20.7 Å². The minimum atomic E-state index is -1.30. The average Bonchev–Trinajstić information content (AvgIpc) is 2.92. The number of aromatic nitrogens is 3. The standard InChI is InChI=1S/C12H9F3N6/c13-6-3-7(14)10(15)8(4-6)18-11-12-17-1-2-21(12)5-9(19-11)20-16/h1-5,20H,16H2,(H,18,19). The highest BCUT2D eigenvalue weighted by molar-refractivity contribution is 5.71. The zero-order valence-corrected chi connectivity index (χ0v) is 10.4. The van der Waals surface area contributed by atoms with Crippen LogP contribution in [0.15, 0.2) is 30.7 Å². The Kier molecular flexibility index (Phi) is 3.10. The van der Waals surface area contributed by atoms with Gasteiger partial charge >= 0.3 is 0 Å². The molecule has 0 bridgehead atoms. The Hall–Kier alpha value is -2.81. The van der Waals surface area contributed by atoms with Gasteiger partial charge in [-0.25, -0.2) is 29.0 Å². The fourth-order valence-electron chi connectivity index (χ4n) is 1.86. The molecule has 0 amide bonds. The monoisotopic (exact) mass is 294 g/mol. The summed E-state index contributed by atoms with van der Waals surface area (Å²) in [5.41, 5.74) is 2.29. The Balaban J connectivity index is 2.11. The molecular formula is C12H9F3N6. The molecule has 9 heteroatoms. The number of imidazole rings is 1. The Morgan fingerprint density at radius 3 is 2.76 bits per heavy atom. The molecular weight excluding hydrogens is 285 g/mol. The van der Waals surface area contributed by atoms with Crippen LogP contribution < -0.4 is 16.6 Å². The van der Waals surface area contributed by atoms with Gasteiger partial charge in [-0.05, 0) is 0 Å². The molecule has 1 aromatic carbocycles. The van der Waals surface area contributed by atoms with Crippen LogP contribution in [0.25, 0.3) is 5.65 Å². The van der Waals surface area contributed by atoms with E-state index in [-0.39, 0.29) is 17.3 Å². The third-order valence-electron chi connectivity index (χ3n) is 2.77. The summed E-state index contributed by atoms with van der Waals surface area (Å²) < 4.78 is 41.6. The summed E-state index contributed by atoms with van der Waals surface area (Å²) >= 11 is 0. The molecule has 6 nitrogen and oxygen atoms in total. The molecule has 0 saturated heterocycles. The van der Waals surface area contributed by atoms with Crippen LogP contribution in [0.5, 0.6) is 0 Å². The number of halogens is 3. The van der Waals surface area contributed by atoms with E-state index in [1.807, 2.05) is 0 Å². The van der Waals surface area contributed by atoms with Gasteiger partial charge in [0, 0.05) is 24.5 Å². The molecule has 0 fully saturated rings. The van der Waals surface area contributed by atoms with Crippen molar-refractivity contribution in [3.63, 3.8) is 0 Å². The number of nitrogens with one attached hydrogen (secondary N) is 2. The lowest BCUT2D eigenvalue weighted by Crippen LogP contribution is -2.11. The van der Waals surface area contributed by atoms with Gasteiger partial charge in [-0.3, -0.25) is 0 Å². The van der Waals surface area contributed by atoms with Gasteiger partial charge in [-0.15, -0.1) is 0 Å². The van der Waals surface area contributed by atoms with E-state index in [0.717, 1.165) is 6.07 Å². The summed E-state index contributed by atoms with van der Waals surface area (Å²) in [4.78, 5) is 8.07. The van der Waals surface area contributed by atoms with Crippen molar-refractivity contribution < 1.29 is 13.2 Å². The molecule has 0 atom stereocenters. The molecule has 0 spiro atoms. The maximum absolute atomic E-state index is 13.7. The van der Waals surface area contributed by atoms with Gasteiger partial charge in [-0.1, -0.05) is 0 Å². The lowest BCUT2D eigenvalue weighted by Gasteiger charge is -2.10. The number of rotatable bonds is 3. The van der Waals surface area contributed by atoms with Gasteiger partial charge in [-0.2, -0.15) is 0 Å². The van der Waals surface area contributed by atoms with Crippen molar-refractivity contribution in [2.45, 2.75) is 0 Å². The summed E-state index contributed by atoms with van der Waals surface area (Å²) in [5.74, 6) is 2.21. The van der Waals surface area contributed by atoms with Crippen molar-refractivity contribution in [2.24, 2.45) is 5.84 Å². The number of nitrogens with zero attached hydrogens (tertiary/aromatic N) is 3. The van der Waals surface area contributed by atoms with Crippen molar-refractivity contribution in [3.05, 3.63) is 48.2 Å². The summed E-state index contributed by atoms with van der Waals surface area (Å²) in [6.45, 7) is 0. The van der Waals surface area contributed by atoms with Crippen LogP contribution in [0.1, 0.15) is 0 Å². The summed E-state index contributed by atoms with van der Waals surface area (Å²) in [6, 6.07) is 1.28. The first-order chi connectivity index (χ1) is 10.1. The van der Waals surface area contributed by atoms with E-state index in [1.165, 1.54) is 6.20 Å². The van der Waals surface area contributed by atoms with E-state index in [0.29, 0.717) is 11.7 Å². The minimum absolute atomic E-state index is 0.0966. The third-order valence-corrected chi connectivity index (χ3v) is 2.77. The van der Waals surface area contributed by atoms with Gasteiger partial charge < -0.3 is 15.1 Å². The highest BCUT2D eigenvalue weighted by Crippen LogP contribution is 2.25. The summed E-state index contributed by atoms with van der Waals surface area (Å²) in [5, 5.41) is 2.51. The molecule has 3 rings (SSSR count). The Labute approximate surface area is 116 Å². The number of nitrogen functional groups attached to an aromatic ring is 1. The zero-order chi connectivity index (χ0) is 15.0. The topological polar surface area (TPSA) is 80.3 Å². The molecule has 21 heavy (non-hydrogen) atoms. The van der Waals surface area contributed by atoms with Crippen molar-refractivity contribution in [1.82, 2.24) is 14.4 Å². The third kappa shape index (κ3) is 2.34. The molecule has 0 radical (unpaired) electrons. The molecule has 3 aromatic rings. The maximum atomic E-state index is 13.7.